The van der Waals surface area contributed by atoms with Gasteiger partial charge in [-0.2, -0.15) is 0 Å². The van der Waals surface area contributed by atoms with Gasteiger partial charge in [0.1, 0.15) is 0 Å². The first-order valence-electron chi connectivity index (χ1n) is 6.86. The van der Waals surface area contributed by atoms with Crippen LogP contribution in [0.25, 0.3) is 5.69 Å². The molecular weight excluding hydrogens is 306 g/mol. The van der Waals surface area contributed by atoms with E-state index in [1.165, 1.54) is 11.8 Å². The number of amides is 1. The van der Waals surface area contributed by atoms with Crippen molar-refractivity contribution in [2.45, 2.75) is 31.0 Å². The number of halogens is 1. The van der Waals surface area contributed by atoms with Gasteiger partial charge in [0.05, 0.1) is 11.4 Å². The molecule has 1 N–H and O–H groups in total. The van der Waals surface area contributed by atoms with Crippen LogP contribution < -0.4 is 5.32 Å². The van der Waals surface area contributed by atoms with E-state index < -0.39 is 0 Å². The van der Waals surface area contributed by atoms with Gasteiger partial charge in [0.15, 0.2) is 5.16 Å². The van der Waals surface area contributed by atoms with Crippen molar-refractivity contribution in [1.29, 1.82) is 0 Å². The van der Waals surface area contributed by atoms with Gasteiger partial charge in [0.2, 0.25) is 5.91 Å². The van der Waals surface area contributed by atoms with E-state index in [0.29, 0.717) is 11.8 Å². The monoisotopic (exact) mass is 321 g/mol. The van der Waals surface area contributed by atoms with Crippen LogP contribution in [0.4, 0.5) is 0 Å². The molecule has 1 amide bonds. The minimum atomic E-state index is 0.0693. The minimum Gasteiger partial charge on any atom is -0.353 e. The standard InChI is InChI=1S/C15H16ClN3OS/c1-10-12(16)3-2-4-13(10)19-8-7-17-15(19)21-9-14(20)18-11-5-6-11/h2-4,7-8,11H,5-6,9H2,1H3,(H,18,20). The molecule has 0 spiro atoms. The molecule has 3 rings (SSSR count). The first kappa shape index (κ1) is 14.5. The Bertz CT molecular complexity index is 667. The molecule has 1 saturated carbocycles. The highest BCUT2D eigenvalue weighted by Crippen LogP contribution is 2.26. The summed E-state index contributed by atoms with van der Waals surface area (Å²) < 4.78 is 1.97. The van der Waals surface area contributed by atoms with E-state index in [1.54, 1.807) is 6.20 Å². The second-order valence-electron chi connectivity index (χ2n) is 5.09. The lowest BCUT2D eigenvalue weighted by Crippen LogP contribution is -2.27. The van der Waals surface area contributed by atoms with Crippen LogP contribution in [0.15, 0.2) is 35.7 Å². The Labute approximate surface area is 132 Å². The molecule has 21 heavy (non-hydrogen) atoms. The molecule has 0 atom stereocenters. The first-order valence-corrected chi connectivity index (χ1v) is 8.22. The Hall–Kier alpha value is -1.46. The van der Waals surface area contributed by atoms with E-state index in [4.69, 9.17) is 11.6 Å². The van der Waals surface area contributed by atoms with Crippen LogP contribution in [0.2, 0.25) is 5.02 Å². The third-order valence-electron chi connectivity index (χ3n) is 3.38. The lowest BCUT2D eigenvalue weighted by molar-refractivity contribution is -0.118. The Balaban J connectivity index is 1.74. The Morgan fingerprint density at radius 2 is 2.33 bits per heavy atom. The number of hydrogen-bond acceptors (Lipinski definition) is 3. The lowest BCUT2D eigenvalue weighted by Gasteiger charge is -2.11. The number of rotatable bonds is 5. The van der Waals surface area contributed by atoms with Gasteiger partial charge >= 0.3 is 0 Å². The predicted octanol–water partition coefficient (Wildman–Crippen LogP) is 3.20. The fraction of sp³-hybridized carbons (Fsp3) is 0.333. The van der Waals surface area contributed by atoms with Gasteiger partial charge in [0, 0.05) is 23.5 Å². The summed E-state index contributed by atoms with van der Waals surface area (Å²) in [5.41, 5.74) is 1.99. The van der Waals surface area contributed by atoms with Crippen LogP contribution in [0.1, 0.15) is 18.4 Å². The van der Waals surface area contributed by atoms with Crippen molar-refractivity contribution in [3.05, 3.63) is 41.2 Å². The second kappa shape index (κ2) is 6.12. The molecule has 0 aliphatic heterocycles. The highest BCUT2D eigenvalue weighted by atomic mass is 35.5. The van der Waals surface area contributed by atoms with Gasteiger partial charge in [0.25, 0.3) is 0 Å². The molecule has 2 aromatic rings. The third-order valence-corrected chi connectivity index (χ3v) is 4.76. The summed E-state index contributed by atoms with van der Waals surface area (Å²) in [5, 5.41) is 4.50. The molecule has 6 heteroatoms. The van der Waals surface area contributed by atoms with Crippen LogP contribution in [0.3, 0.4) is 0 Å². The number of benzene rings is 1. The number of carbonyl (C=O) groups excluding carboxylic acids is 1. The zero-order chi connectivity index (χ0) is 14.8. The normalized spacial score (nSPS) is 14.2. The summed E-state index contributed by atoms with van der Waals surface area (Å²) in [6.45, 7) is 1.98. The van der Waals surface area contributed by atoms with Gasteiger partial charge in [-0.25, -0.2) is 4.98 Å². The van der Waals surface area contributed by atoms with Crippen LogP contribution in [0, 0.1) is 6.92 Å². The summed E-state index contributed by atoms with van der Waals surface area (Å²) in [5.74, 6) is 0.451. The van der Waals surface area contributed by atoms with Crippen molar-refractivity contribution < 1.29 is 4.79 Å². The number of nitrogens with one attached hydrogen (secondary N) is 1. The molecule has 0 saturated heterocycles. The summed E-state index contributed by atoms with van der Waals surface area (Å²) in [4.78, 5) is 16.1. The average Bonchev–Trinajstić information content (AvgIpc) is 3.15. The molecule has 1 aromatic carbocycles. The smallest absolute Gasteiger partial charge is 0.230 e. The minimum absolute atomic E-state index is 0.0693. The largest absolute Gasteiger partial charge is 0.353 e. The molecule has 1 aliphatic carbocycles. The zero-order valence-corrected chi connectivity index (χ0v) is 13.2. The van der Waals surface area contributed by atoms with Gasteiger partial charge in [-0.1, -0.05) is 29.4 Å². The summed E-state index contributed by atoms with van der Waals surface area (Å²) in [6, 6.07) is 6.18. The Kier molecular flexibility index (Phi) is 4.22. The van der Waals surface area contributed by atoms with Crippen LogP contribution >= 0.6 is 23.4 Å². The summed E-state index contributed by atoms with van der Waals surface area (Å²) >= 11 is 7.61. The Morgan fingerprint density at radius 3 is 3.10 bits per heavy atom. The predicted molar refractivity (Wildman–Crippen MR) is 85.2 cm³/mol. The zero-order valence-electron chi connectivity index (χ0n) is 11.7. The van der Waals surface area contributed by atoms with Crippen LogP contribution in [-0.2, 0) is 4.79 Å². The van der Waals surface area contributed by atoms with Crippen molar-refractivity contribution in [3.63, 3.8) is 0 Å². The van der Waals surface area contributed by atoms with E-state index >= 15 is 0 Å². The fourth-order valence-electron chi connectivity index (χ4n) is 2.06. The Morgan fingerprint density at radius 1 is 1.52 bits per heavy atom. The summed E-state index contributed by atoms with van der Waals surface area (Å²) in [6.07, 6.45) is 5.83. The van der Waals surface area contributed by atoms with Crippen molar-refractivity contribution >= 4 is 29.3 Å². The van der Waals surface area contributed by atoms with E-state index in [2.05, 4.69) is 10.3 Å². The van der Waals surface area contributed by atoms with Crippen LogP contribution in [-0.4, -0.2) is 27.3 Å². The fourth-order valence-corrected chi connectivity index (χ4v) is 3.01. The number of carbonyl (C=O) groups is 1. The molecule has 1 aromatic heterocycles. The lowest BCUT2D eigenvalue weighted by atomic mass is 10.2. The molecule has 0 unspecified atom stereocenters. The maximum absolute atomic E-state index is 11.8. The molecule has 0 bridgehead atoms. The number of thioether (sulfide) groups is 1. The van der Waals surface area contributed by atoms with Gasteiger partial charge in [-0.05, 0) is 37.5 Å². The number of aromatic nitrogens is 2. The molecule has 1 heterocycles. The van der Waals surface area contributed by atoms with Crippen molar-refractivity contribution in [1.82, 2.24) is 14.9 Å². The van der Waals surface area contributed by atoms with Gasteiger partial charge < -0.3 is 5.32 Å². The van der Waals surface area contributed by atoms with Crippen molar-refractivity contribution in [3.8, 4) is 5.69 Å². The van der Waals surface area contributed by atoms with Gasteiger partial charge in [-0.15, -0.1) is 0 Å². The molecule has 0 radical (unpaired) electrons. The van der Waals surface area contributed by atoms with E-state index in [-0.39, 0.29) is 5.91 Å². The quantitative estimate of drug-likeness (QED) is 0.860. The van der Waals surface area contributed by atoms with Gasteiger partial charge in [-0.3, -0.25) is 9.36 Å². The highest BCUT2D eigenvalue weighted by Gasteiger charge is 2.23. The maximum atomic E-state index is 11.8. The molecule has 110 valence electrons. The third kappa shape index (κ3) is 3.41. The molecule has 1 fully saturated rings. The molecular formula is C15H16ClN3OS. The van der Waals surface area contributed by atoms with E-state index in [9.17, 15) is 4.79 Å². The van der Waals surface area contributed by atoms with Crippen LogP contribution in [0.5, 0.6) is 0 Å². The number of imidazole rings is 1. The molecule has 4 nitrogen and oxygen atoms in total. The number of hydrogen-bond donors (Lipinski definition) is 1. The van der Waals surface area contributed by atoms with Crippen molar-refractivity contribution in [2.24, 2.45) is 0 Å². The topological polar surface area (TPSA) is 46.9 Å². The first-order chi connectivity index (χ1) is 10.1. The summed E-state index contributed by atoms with van der Waals surface area (Å²) in [7, 11) is 0. The highest BCUT2D eigenvalue weighted by molar-refractivity contribution is 7.99. The number of nitrogens with zero attached hydrogens (tertiary/aromatic N) is 2. The SMILES string of the molecule is Cc1c(Cl)cccc1-n1ccnc1SCC(=O)NC1CC1. The molecule has 1 aliphatic rings. The average molecular weight is 322 g/mol. The van der Waals surface area contributed by atoms with Crippen molar-refractivity contribution in [2.75, 3.05) is 5.75 Å². The van der Waals surface area contributed by atoms with E-state index in [1.807, 2.05) is 35.9 Å². The second-order valence-corrected chi connectivity index (χ2v) is 6.44. The van der Waals surface area contributed by atoms with E-state index in [0.717, 1.165) is 34.3 Å². The maximum Gasteiger partial charge on any atom is 0.230 e.